The number of rotatable bonds is 4. The maximum atomic E-state index is 12.2. The van der Waals surface area contributed by atoms with E-state index in [1.807, 2.05) is 6.07 Å². The van der Waals surface area contributed by atoms with E-state index in [-0.39, 0.29) is 11.9 Å². The molecule has 0 bridgehead atoms. The quantitative estimate of drug-likeness (QED) is 0.902. The van der Waals surface area contributed by atoms with Crippen molar-refractivity contribution >= 4 is 5.91 Å². The van der Waals surface area contributed by atoms with E-state index in [1.165, 1.54) is 11.1 Å². The van der Waals surface area contributed by atoms with E-state index in [9.17, 15) is 4.79 Å². The highest BCUT2D eigenvalue weighted by atomic mass is 16.1. The molecule has 3 heteroatoms. The predicted octanol–water partition coefficient (Wildman–Crippen LogP) is 2.59. The zero-order valence-electron chi connectivity index (χ0n) is 12.2. The number of nitrogens with zero attached hydrogens (tertiary/aromatic N) is 1. The fraction of sp³-hybridized carbons (Fsp3) is 0.562. The number of amides is 1. The molecule has 0 saturated heterocycles. The summed E-state index contributed by atoms with van der Waals surface area (Å²) < 4.78 is 0. The monoisotopic (exact) mass is 260 g/mol. The Morgan fingerprint density at radius 3 is 2.74 bits per heavy atom. The lowest BCUT2D eigenvalue weighted by molar-refractivity contribution is 0.0934. The third-order valence-corrected chi connectivity index (χ3v) is 3.99. The normalized spacial score (nSPS) is 15.4. The minimum atomic E-state index is 0.0652. The van der Waals surface area contributed by atoms with Crippen LogP contribution < -0.4 is 5.32 Å². The molecule has 1 amide bonds. The molecule has 104 valence electrons. The van der Waals surface area contributed by atoms with Gasteiger partial charge in [0.15, 0.2) is 0 Å². The zero-order chi connectivity index (χ0) is 13.8. The lowest BCUT2D eigenvalue weighted by atomic mass is 9.97. The van der Waals surface area contributed by atoms with E-state index in [2.05, 4.69) is 43.2 Å². The molecule has 1 aliphatic rings. The lowest BCUT2D eigenvalue weighted by Gasteiger charge is -2.25. The van der Waals surface area contributed by atoms with E-state index in [4.69, 9.17) is 0 Å². The van der Waals surface area contributed by atoms with E-state index in [1.54, 1.807) is 0 Å². The maximum absolute atomic E-state index is 12.2. The molecule has 1 aromatic carbocycles. The van der Waals surface area contributed by atoms with Gasteiger partial charge in [0.1, 0.15) is 0 Å². The van der Waals surface area contributed by atoms with Crippen molar-refractivity contribution < 1.29 is 4.79 Å². The largest absolute Gasteiger partial charge is 0.349 e. The smallest absolute Gasteiger partial charge is 0.251 e. The van der Waals surface area contributed by atoms with Crippen LogP contribution in [0.5, 0.6) is 0 Å². The Bertz CT molecular complexity index is 452. The average Bonchev–Trinajstić information content (AvgIpc) is 2.43. The van der Waals surface area contributed by atoms with Crippen molar-refractivity contribution in [3.05, 3.63) is 34.9 Å². The second-order valence-electron chi connectivity index (χ2n) is 5.46. The summed E-state index contributed by atoms with van der Waals surface area (Å²) in [5.74, 6) is 0.0652. The minimum Gasteiger partial charge on any atom is -0.349 e. The standard InChI is InChI=1S/C16H24N2O/c1-4-15(5-2)17-16(19)13-6-7-14-11-18(3)9-8-12(14)10-13/h6-7,10,15H,4-5,8-9,11H2,1-3H3,(H,17,19). The highest BCUT2D eigenvalue weighted by Crippen LogP contribution is 2.19. The molecule has 0 atom stereocenters. The van der Waals surface area contributed by atoms with E-state index < -0.39 is 0 Å². The second kappa shape index (κ2) is 6.20. The van der Waals surface area contributed by atoms with Crippen molar-refractivity contribution in [2.45, 2.75) is 45.7 Å². The molecule has 3 nitrogen and oxygen atoms in total. The van der Waals surface area contributed by atoms with Crippen molar-refractivity contribution in [3.63, 3.8) is 0 Å². The van der Waals surface area contributed by atoms with Crippen LogP contribution in [-0.4, -0.2) is 30.4 Å². The lowest BCUT2D eigenvalue weighted by Crippen LogP contribution is -2.34. The Morgan fingerprint density at radius 2 is 2.05 bits per heavy atom. The van der Waals surface area contributed by atoms with Gasteiger partial charge in [-0.3, -0.25) is 4.79 Å². The predicted molar refractivity (Wildman–Crippen MR) is 78.3 cm³/mol. The van der Waals surface area contributed by atoms with Crippen LogP contribution in [0.1, 0.15) is 48.2 Å². The van der Waals surface area contributed by atoms with Gasteiger partial charge in [0.05, 0.1) is 0 Å². The van der Waals surface area contributed by atoms with Crippen molar-refractivity contribution in [3.8, 4) is 0 Å². The summed E-state index contributed by atoms with van der Waals surface area (Å²) in [5, 5.41) is 3.10. The first-order valence-electron chi connectivity index (χ1n) is 7.25. The molecule has 0 fully saturated rings. The first kappa shape index (κ1) is 14.1. The molecular formula is C16H24N2O. The average molecular weight is 260 g/mol. The number of hydrogen-bond acceptors (Lipinski definition) is 2. The summed E-state index contributed by atoms with van der Waals surface area (Å²) in [7, 11) is 2.14. The summed E-state index contributed by atoms with van der Waals surface area (Å²) in [4.78, 5) is 14.5. The van der Waals surface area contributed by atoms with Gasteiger partial charge in [0.2, 0.25) is 0 Å². The Morgan fingerprint density at radius 1 is 1.32 bits per heavy atom. The van der Waals surface area contributed by atoms with E-state index >= 15 is 0 Å². The topological polar surface area (TPSA) is 32.3 Å². The van der Waals surface area contributed by atoms with Crippen molar-refractivity contribution in [1.29, 1.82) is 0 Å². The summed E-state index contributed by atoms with van der Waals surface area (Å²) in [6, 6.07) is 6.41. The molecule has 0 aromatic heterocycles. The number of likely N-dealkylation sites (N-methyl/N-ethyl adjacent to an activating group) is 1. The number of nitrogens with one attached hydrogen (secondary N) is 1. The van der Waals surface area contributed by atoms with Crippen LogP contribution in [-0.2, 0) is 13.0 Å². The van der Waals surface area contributed by atoms with Crippen LogP contribution in [0, 0.1) is 0 Å². The number of hydrogen-bond donors (Lipinski definition) is 1. The molecule has 0 saturated carbocycles. The minimum absolute atomic E-state index is 0.0652. The Hall–Kier alpha value is -1.35. The van der Waals surface area contributed by atoms with Gasteiger partial charge in [0, 0.05) is 24.7 Å². The highest BCUT2D eigenvalue weighted by molar-refractivity contribution is 5.94. The molecule has 0 spiro atoms. The molecule has 1 heterocycles. The van der Waals surface area contributed by atoms with Crippen LogP contribution >= 0.6 is 0 Å². The molecule has 2 rings (SSSR count). The summed E-state index contributed by atoms with van der Waals surface area (Å²) in [5.41, 5.74) is 3.48. The summed E-state index contributed by atoms with van der Waals surface area (Å²) in [6.45, 7) is 6.28. The van der Waals surface area contributed by atoms with Gasteiger partial charge in [-0.05, 0) is 49.6 Å². The number of fused-ring (bicyclic) bond motifs is 1. The third-order valence-electron chi connectivity index (χ3n) is 3.99. The van der Waals surface area contributed by atoms with Crippen LogP contribution in [0.15, 0.2) is 18.2 Å². The number of carbonyl (C=O) groups is 1. The third kappa shape index (κ3) is 3.35. The van der Waals surface area contributed by atoms with Crippen LogP contribution in [0.2, 0.25) is 0 Å². The van der Waals surface area contributed by atoms with Gasteiger partial charge in [-0.1, -0.05) is 19.9 Å². The fourth-order valence-electron chi connectivity index (χ4n) is 2.60. The summed E-state index contributed by atoms with van der Waals surface area (Å²) in [6.07, 6.45) is 3.01. The zero-order valence-corrected chi connectivity index (χ0v) is 12.2. The first-order valence-corrected chi connectivity index (χ1v) is 7.25. The van der Waals surface area contributed by atoms with Gasteiger partial charge in [-0.15, -0.1) is 0 Å². The number of benzene rings is 1. The van der Waals surface area contributed by atoms with Gasteiger partial charge in [-0.2, -0.15) is 0 Å². The van der Waals surface area contributed by atoms with E-state index in [0.29, 0.717) is 0 Å². The highest BCUT2D eigenvalue weighted by Gasteiger charge is 2.16. The molecule has 19 heavy (non-hydrogen) atoms. The Balaban J connectivity index is 2.11. The molecule has 1 aliphatic heterocycles. The number of carbonyl (C=O) groups excluding carboxylic acids is 1. The van der Waals surface area contributed by atoms with Crippen LogP contribution in [0.3, 0.4) is 0 Å². The van der Waals surface area contributed by atoms with E-state index in [0.717, 1.165) is 37.9 Å². The summed E-state index contributed by atoms with van der Waals surface area (Å²) >= 11 is 0. The Kier molecular flexibility index (Phi) is 4.59. The van der Waals surface area contributed by atoms with Gasteiger partial charge in [-0.25, -0.2) is 0 Å². The van der Waals surface area contributed by atoms with Gasteiger partial charge in [0.25, 0.3) is 5.91 Å². The second-order valence-corrected chi connectivity index (χ2v) is 5.46. The molecular weight excluding hydrogens is 236 g/mol. The molecule has 1 N–H and O–H groups in total. The molecule has 1 aromatic rings. The van der Waals surface area contributed by atoms with Crippen molar-refractivity contribution in [2.75, 3.05) is 13.6 Å². The molecule has 0 radical (unpaired) electrons. The fourth-order valence-corrected chi connectivity index (χ4v) is 2.60. The maximum Gasteiger partial charge on any atom is 0.251 e. The van der Waals surface area contributed by atoms with Crippen molar-refractivity contribution in [2.24, 2.45) is 0 Å². The molecule has 0 unspecified atom stereocenters. The van der Waals surface area contributed by atoms with Crippen LogP contribution in [0.25, 0.3) is 0 Å². The molecule has 0 aliphatic carbocycles. The van der Waals surface area contributed by atoms with Gasteiger partial charge < -0.3 is 10.2 Å². The SMILES string of the molecule is CCC(CC)NC(=O)c1ccc2c(c1)CCN(C)C2. The van der Waals surface area contributed by atoms with Gasteiger partial charge >= 0.3 is 0 Å². The Labute approximate surface area is 116 Å². The van der Waals surface area contributed by atoms with Crippen molar-refractivity contribution in [1.82, 2.24) is 10.2 Å². The van der Waals surface area contributed by atoms with Crippen LogP contribution in [0.4, 0.5) is 0 Å². The first-order chi connectivity index (χ1) is 9.13.